The number of pyridine rings is 1. The fraction of sp³-hybridized carbons (Fsp3) is 0.120. The van der Waals surface area contributed by atoms with Gasteiger partial charge < -0.3 is 9.88 Å². The zero-order valence-electron chi connectivity index (χ0n) is 17.7. The van der Waals surface area contributed by atoms with Gasteiger partial charge in [0.1, 0.15) is 12.1 Å². The Morgan fingerprint density at radius 3 is 2.00 bits per heavy atom. The average molecular weight is 440 g/mol. The van der Waals surface area contributed by atoms with E-state index in [1.807, 2.05) is 6.07 Å². The summed E-state index contributed by atoms with van der Waals surface area (Å²) in [5.41, 5.74) is 2.80. The lowest BCUT2D eigenvalue weighted by molar-refractivity contribution is -0.139. The van der Waals surface area contributed by atoms with Crippen LogP contribution in [0.15, 0.2) is 83.7 Å². The van der Waals surface area contributed by atoms with Crippen molar-refractivity contribution in [3.8, 4) is 0 Å². The third-order valence-corrected chi connectivity index (χ3v) is 5.96. The molecule has 1 aliphatic rings. The van der Waals surface area contributed by atoms with Gasteiger partial charge in [-0.2, -0.15) is 5.01 Å². The van der Waals surface area contributed by atoms with E-state index in [9.17, 15) is 19.2 Å². The van der Waals surface area contributed by atoms with Crippen molar-refractivity contribution in [3.63, 3.8) is 0 Å². The van der Waals surface area contributed by atoms with Crippen LogP contribution in [-0.4, -0.2) is 27.4 Å². The van der Waals surface area contributed by atoms with Crippen LogP contribution in [0.4, 0.5) is 4.79 Å². The van der Waals surface area contributed by atoms with Gasteiger partial charge in [-0.15, -0.1) is 0 Å². The van der Waals surface area contributed by atoms with E-state index in [0.717, 1.165) is 0 Å². The summed E-state index contributed by atoms with van der Waals surface area (Å²) in [6.45, 7) is 1.40. The topological polar surface area (TPSA) is 101 Å². The first kappa shape index (κ1) is 20.4. The predicted molar refractivity (Wildman–Crippen MR) is 123 cm³/mol. The van der Waals surface area contributed by atoms with Crippen LogP contribution in [0.1, 0.15) is 12.5 Å². The lowest BCUT2D eigenvalue weighted by Crippen LogP contribution is -2.48. The van der Waals surface area contributed by atoms with Gasteiger partial charge in [-0.25, -0.2) is 4.79 Å². The van der Waals surface area contributed by atoms with E-state index in [0.29, 0.717) is 32.4 Å². The van der Waals surface area contributed by atoms with Gasteiger partial charge in [0.2, 0.25) is 0 Å². The van der Waals surface area contributed by atoms with E-state index in [1.54, 1.807) is 84.3 Å². The number of carbonyl (C=O) groups excluding carboxylic acids is 3. The van der Waals surface area contributed by atoms with Crippen LogP contribution in [0.2, 0.25) is 0 Å². The molecule has 0 saturated carbocycles. The number of carbonyl (C=O) groups is 3. The molecule has 33 heavy (non-hydrogen) atoms. The summed E-state index contributed by atoms with van der Waals surface area (Å²) in [5.74, 6) is -1.16. The Kier molecular flexibility index (Phi) is 4.70. The highest BCUT2D eigenvalue weighted by atomic mass is 16.2. The van der Waals surface area contributed by atoms with Crippen LogP contribution in [0, 0.1) is 0 Å². The molecule has 8 heteroatoms. The first-order valence-corrected chi connectivity index (χ1v) is 10.4. The summed E-state index contributed by atoms with van der Waals surface area (Å²) in [6.07, 6.45) is 0. The van der Waals surface area contributed by atoms with E-state index in [-0.39, 0.29) is 12.0 Å². The van der Waals surface area contributed by atoms with E-state index >= 15 is 0 Å². The van der Waals surface area contributed by atoms with Gasteiger partial charge in [0.25, 0.3) is 11.8 Å². The number of hydrazine groups is 1. The van der Waals surface area contributed by atoms with Gasteiger partial charge >= 0.3 is 6.03 Å². The van der Waals surface area contributed by atoms with Crippen LogP contribution in [-0.2, 0) is 21.7 Å². The molecule has 1 aromatic heterocycles. The van der Waals surface area contributed by atoms with Crippen LogP contribution >= 0.6 is 0 Å². The summed E-state index contributed by atoms with van der Waals surface area (Å²) < 4.78 is 1.70. The van der Waals surface area contributed by atoms with Crippen molar-refractivity contribution < 1.29 is 14.4 Å². The fourth-order valence-corrected chi connectivity index (χ4v) is 4.26. The molecule has 2 N–H and O–H groups in total. The minimum absolute atomic E-state index is 0.120. The van der Waals surface area contributed by atoms with Crippen LogP contribution in [0.5, 0.6) is 0 Å². The minimum atomic E-state index is -1.29. The Labute approximate surface area is 188 Å². The van der Waals surface area contributed by atoms with Gasteiger partial charge in [0, 0.05) is 10.8 Å². The number of benzene rings is 3. The Bertz CT molecular complexity index is 1440. The molecule has 2 heterocycles. The highest BCUT2D eigenvalue weighted by Gasteiger charge is 2.49. The molecule has 0 aliphatic carbocycles. The maximum absolute atomic E-state index is 13.1. The summed E-state index contributed by atoms with van der Waals surface area (Å²) >= 11 is 0. The normalized spacial score (nSPS) is 18.0. The molecule has 0 unspecified atom stereocenters. The highest BCUT2D eigenvalue weighted by Crippen LogP contribution is 2.27. The number of hydrogen-bond donors (Lipinski definition) is 2. The second-order valence-corrected chi connectivity index (χ2v) is 8.05. The first-order chi connectivity index (χ1) is 15.9. The van der Waals surface area contributed by atoms with Crippen molar-refractivity contribution in [2.75, 3.05) is 0 Å². The fourth-order valence-electron chi connectivity index (χ4n) is 4.26. The molecule has 0 bridgehead atoms. The monoisotopic (exact) mass is 440 g/mol. The summed E-state index contributed by atoms with van der Waals surface area (Å²) in [7, 11) is 0. The van der Waals surface area contributed by atoms with Gasteiger partial charge in [0.15, 0.2) is 5.43 Å². The van der Waals surface area contributed by atoms with Crippen molar-refractivity contribution in [1.82, 2.24) is 20.3 Å². The molecule has 1 atom stereocenters. The molecule has 0 spiro atoms. The molecule has 5 rings (SSSR count). The Morgan fingerprint density at radius 1 is 0.848 bits per heavy atom. The molecule has 3 aromatic carbocycles. The molecule has 1 aliphatic heterocycles. The number of hydrogen-bond acceptors (Lipinski definition) is 4. The van der Waals surface area contributed by atoms with Crippen LogP contribution < -0.4 is 16.2 Å². The summed E-state index contributed by atoms with van der Waals surface area (Å²) in [5, 5.41) is 4.33. The van der Waals surface area contributed by atoms with Crippen molar-refractivity contribution in [2.24, 2.45) is 0 Å². The zero-order valence-corrected chi connectivity index (χ0v) is 17.7. The van der Waals surface area contributed by atoms with Crippen LogP contribution in [0.3, 0.4) is 0 Å². The maximum Gasteiger partial charge on any atom is 0.344 e. The smallest absolute Gasteiger partial charge is 0.331 e. The van der Waals surface area contributed by atoms with Crippen molar-refractivity contribution in [1.29, 1.82) is 0 Å². The predicted octanol–water partition coefficient (Wildman–Crippen LogP) is 2.65. The van der Waals surface area contributed by atoms with Gasteiger partial charge in [-0.3, -0.25) is 19.8 Å². The number of nitrogens with one attached hydrogen (secondary N) is 2. The number of imide groups is 1. The second-order valence-electron chi connectivity index (χ2n) is 8.05. The Hall–Kier alpha value is -4.46. The third-order valence-electron chi connectivity index (χ3n) is 5.96. The number of para-hydroxylation sites is 2. The lowest BCUT2D eigenvalue weighted by atomic mass is 9.92. The minimum Gasteiger partial charge on any atom is -0.331 e. The molecule has 8 nitrogen and oxygen atoms in total. The number of rotatable bonds is 4. The van der Waals surface area contributed by atoms with E-state index in [2.05, 4.69) is 10.7 Å². The van der Waals surface area contributed by atoms with Crippen molar-refractivity contribution >= 4 is 39.7 Å². The number of urea groups is 1. The van der Waals surface area contributed by atoms with E-state index in [1.165, 1.54) is 0 Å². The molecule has 4 aromatic rings. The SMILES string of the molecule is C[C@]1(c2ccccc2)NC(=O)N(NC(=O)Cn2c3ccccc3c(=O)c3ccccc32)C1=O. The number of aromatic nitrogens is 1. The molecular weight excluding hydrogens is 420 g/mol. The van der Waals surface area contributed by atoms with Gasteiger partial charge in [0.05, 0.1) is 11.0 Å². The van der Waals surface area contributed by atoms with Crippen molar-refractivity contribution in [3.05, 3.63) is 94.6 Å². The summed E-state index contributed by atoms with van der Waals surface area (Å²) in [4.78, 5) is 51.5. The molecular formula is C25H20N4O4. The molecule has 1 fully saturated rings. The number of nitrogens with zero attached hydrogens (tertiary/aromatic N) is 2. The van der Waals surface area contributed by atoms with E-state index in [4.69, 9.17) is 0 Å². The van der Waals surface area contributed by atoms with Gasteiger partial charge in [-0.1, -0.05) is 54.6 Å². The van der Waals surface area contributed by atoms with Crippen LogP contribution in [0.25, 0.3) is 21.8 Å². The van der Waals surface area contributed by atoms with Crippen molar-refractivity contribution in [2.45, 2.75) is 19.0 Å². The van der Waals surface area contributed by atoms with Gasteiger partial charge in [-0.05, 0) is 36.8 Å². The number of fused-ring (bicyclic) bond motifs is 2. The largest absolute Gasteiger partial charge is 0.344 e. The zero-order chi connectivity index (χ0) is 23.2. The maximum atomic E-state index is 13.1. The van der Waals surface area contributed by atoms with E-state index < -0.39 is 23.4 Å². The first-order valence-electron chi connectivity index (χ1n) is 10.4. The number of amides is 4. The summed E-state index contributed by atoms with van der Waals surface area (Å²) in [6, 6.07) is 22.2. The Morgan fingerprint density at radius 2 is 1.39 bits per heavy atom. The average Bonchev–Trinajstić information content (AvgIpc) is 3.06. The Balaban J connectivity index is 1.48. The molecule has 0 radical (unpaired) electrons. The molecule has 164 valence electrons. The second kappa shape index (κ2) is 7.59. The molecule has 1 saturated heterocycles. The lowest BCUT2D eigenvalue weighted by Gasteiger charge is -2.22. The highest BCUT2D eigenvalue weighted by molar-refractivity contribution is 6.08. The molecule has 4 amide bonds. The standard InChI is InChI=1S/C25H20N4O4/c1-25(16-9-3-2-4-10-16)23(32)29(24(33)26-25)27-21(30)15-28-19-13-7-5-11-17(19)22(31)18-12-6-8-14-20(18)28/h2-14H,15H2,1H3,(H,26,33)(H,27,30)/t25-/m1/s1. The third kappa shape index (κ3) is 3.23. The quantitative estimate of drug-likeness (QED) is 0.376.